The molecule has 0 aliphatic rings. The first kappa shape index (κ1) is 27.8. The van der Waals surface area contributed by atoms with E-state index in [-0.39, 0.29) is 5.69 Å². The molecule has 0 aliphatic heterocycles. The standard InChI is InChI=1S/C19H19F4N3O7S2/c1-25(2)10-24-35(31,32)18-15(22)13(20)17(14(21)16(18)23)34(29,30)9-8-26(19(27)28)11-4-6-12(33-3)7-5-11/h4-7,10H,8-9H2,1-3H3,(H,27,28). The number of ether oxygens (including phenoxy) is 1. The van der Waals surface area contributed by atoms with E-state index >= 15 is 0 Å². The van der Waals surface area contributed by atoms with E-state index < -0.39 is 71.3 Å². The van der Waals surface area contributed by atoms with Crippen molar-refractivity contribution in [3.05, 3.63) is 47.5 Å². The minimum absolute atomic E-state index is 0.0352. The number of amides is 1. The van der Waals surface area contributed by atoms with Gasteiger partial charge >= 0.3 is 6.09 Å². The number of halogens is 4. The number of rotatable bonds is 9. The lowest BCUT2D eigenvalue weighted by atomic mass is 10.3. The third-order valence-electron chi connectivity index (χ3n) is 4.37. The molecule has 0 saturated heterocycles. The number of hydrogen-bond donors (Lipinski definition) is 1. The van der Waals surface area contributed by atoms with Gasteiger partial charge < -0.3 is 14.7 Å². The van der Waals surface area contributed by atoms with Crippen LogP contribution in [0.5, 0.6) is 5.75 Å². The van der Waals surface area contributed by atoms with Gasteiger partial charge in [-0.05, 0) is 24.3 Å². The van der Waals surface area contributed by atoms with Crippen LogP contribution in [0.15, 0.2) is 38.5 Å². The van der Waals surface area contributed by atoms with Crippen molar-refractivity contribution in [2.45, 2.75) is 9.79 Å². The molecule has 0 spiro atoms. The van der Waals surface area contributed by atoms with Crippen LogP contribution in [0.4, 0.5) is 28.0 Å². The Hall–Kier alpha value is -3.40. The van der Waals surface area contributed by atoms with Gasteiger partial charge in [-0.1, -0.05) is 0 Å². The molecule has 0 heterocycles. The molecule has 0 aliphatic carbocycles. The largest absolute Gasteiger partial charge is 0.497 e. The number of sulfonamides is 1. The predicted molar refractivity (Wildman–Crippen MR) is 116 cm³/mol. The Bertz CT molecular complexity index is 1330. The van der Waals surface area contributed by atoms with Crippen LogP contribution in [-0.2, 0) is 19.9 Å². The zero-order chi connectivity index (χ0) is 26.7. The number of methoxy groups -OCH3 is 1. The molecule has 0 saturated carbocycles. The van der Waals surface area contributed by atoms with Crippen LogP contribution < -0.4 is 9.64 Å². The van der Waals surface area contributed by atoms with Crippen molar-refractivity contribution in [1.82, 2.24) is 4.90 Å². The quantitative estimate of drug-likeness (QED) is 0.222. The molecule has 2 rings (SSSR count). The van der Waals surface area contributed by atoms with Crippen molar-refractivity contribution in [3.63, 3.8) is 0 Å². The molecule has 16 heteroatoms. The summed E-state index contributed by atoms with van der Waals surface area (Å²) in [4.78, 5) is 8.93. The normalized spacial score (nSPS) is 12.1. The summed E-state index contributed by atoms with van der Waals surface area (Å²) in [6.07, 6.45) is -1.04. The molecule has 192 valence electrons. The van der Waals surface area contributed by atoms with E-state index in [9.17, 15) is 44.3 Å². The van der Waals surface area contributed by atoms with E-state index in [1.165, 1.54) is 45.5 Å². The van der Waals surface area contributed by atoms with E-state index in [1.807, 2.05) is 0 Å². The van der Waals surface area contributed by atoms with Gasteiger partial charge in [0.2, 0.25) is 0 Å². The van der Waals surface area contributed by atoms with Crippen molar-refractivity contribution in [3.8, 4) is 5.75 Å². The lowest BCUT2D eigenvalue weighted by Crippen LogP contribution is -2.34. The highest BCUT2D eigenvalue weighted by Crippen LogP contribution is 2.32. The van der Waals surface area contributed by atoms with Crippen molar-refractivity contribution in [2.24, 2.45) is 4.40 Å². The highest BCUT2D eigenvalue weighted by molar-refractivity contribution is 7.91. The zero-order valence-corrected chi connectivity index (χ0v) is 20.0. The summed E-state index contributed by atoms with van der Waals surface area (Å²) in [5.74, 6) is -10.9. The second-order valence-corrected chi connectivity index (χ2v) is 10.6. The Labute approximate surface area is 198 Å². The minimum atomic E-state index is -5.30. The number of carbonyl (C=O) groups is 1. The second-order valence-electron chi connectivity index (χ2n) is 7.02. The molecule has 35 heavy (non-hydrogen) atoms. The molecule has 2 aromatic rings. The third kappa shape index (κ3) is 6.00. The maximum absolute atomic E-state index is 14.6. The third-order valence-corrected chi connectivity index (χ3v) is 7.31. The first-order valence-corrected chi connectivity index (χ1v) is 12.4. The molecule has 0 fully saturated rings. The van der Waals surface area contributed by atoms with Gasteiger partial charge in [0, 0.05) is 26.3 Å². The summed E-state index contributed by atoms with van der Waals surface area (Å²) >= 11 is 0. The SMILES string of the molecule is COc1ccc(N(CCS(=O)(=O)c2c(F)c(F)c(S(=O)(=O)N=CN(C)C)c(F)c2F)C(=O)O)cc1. The van der Waals surface area contributed by atoms with Crippen molar-refractivity contribution >= 4 is 38.0 Å². The topological polar surface area (TPSA) is 134 Å². The molecule has 1 N–H and O–H groups in total. The summed E-state index contributed by atoms with van der Waals surface area (Å²) in [6.45, 7) is -0.890. The number of sulfone groups is 1. The van der Waals surface area contributed by atoms with Crippen LogP contribution in [0.2, 0.25) is 0 Å². The molecule has 0 radical (unpaired) electrons. The second kappa shape index (κ2) is 10.5. The molecule has 2 aromatic carbocycles. The first-order chi connectivity index (χ1) is 16.1. The van der Waals surface area contributed by atoms with Crippen LogP contribution in [0.3, 0.4) is 0 Å². The van der Waals surface area contributed by atoms with Crippen LogP contribution in [0.25, 0.3) is 0 Å². The Morgan fingerprint density at radius 2 is 1.46 bits per heavy atom. The highest BCUT2D eigenvalue weighted by Gasteiger charge is 2.38. The monoisotopic (exact) mass is 541 g/mol. The lowest BCUT2D eigenvalue weighted by molar-refractivity contribution is 0.202. The number of anilines is 1. The van der Waals surface area contributed by atoms with Gasteiger partial charge in [0.1, 0.15) is 17.0 Å². The molecule has 10 nitrogen and oxygen atoms in total. The van der Waals surface area contributed by atoms with Gasteiger partial charge in [-0.25, -0.2) is 30.8 Å². The van der Waals surface area contributed by atoms with Gasteiger partial charge in [0.25, 0.3) is 10.0 Å². The summed E-state index contributed by atoms with van der Waals surface area (Å²) in [5.41, 5.74) is -0.0352. The van der Waals surface area contributed by atoms with Crippen molar-refractivity contribution in [2.75, 3.05) is 38.4 Å². The van der Waals surface area contributed by atoms with Gasteiger partial charge in [-0.3, -0.25) is 4.90 Å². The molecule has 0 bridgehead atoms. The van der Waals surface area contributed by atoms with Crippen molar-refractivity contribution in [1.29, 1.82) is 0 Å². The first-order valence-electron chi connectivity index (χ1n) is 9.34. The Morgan fingerprint density at radius 3 is 1.89 bits per heavy atom. The zero-order valence-electron chi connectivity index (χ0n) is 18.4. The Kier molecular flexibility index (Phi) is 8.33. The lowest BCUT2D eigenvalue weighted by Gasteiger charge is -2.20. The number of benzene rings is 2. The highest BCUT2D eigenvalue weighted by atomic mass is 32.2. The summed E-state index contributed by atoms with van der Waals surface area (Å²) < 4.78 is 115. The number of nitrogens with zero attached hydrogens (tertiary/aromatic N) is 3. The average molecular weight is 542 g/mol. The van der Waals surface area contributed by atoms with Crippen LogP contribution >= 0.6 is 0 Å². The van der Waals surface area contributed by atoms with Crippen molar-refractivity contribution < 1.29 is 49.0 Å². The summed E-state index contributed by atoms with van der Waals surface area (Å²) in [5, 5.41) is 9.38. The van der Waals surface area contributed by atoms with E-state index in [1.54, 1.807) is 0 Å². The molecule has 0 aromatic heterocycles. The Balaban J connectivity index is 2.50. The van der Waals surface area contributed by atoms with E-state index in [0.717, 1.165) is 4.90 Å². The van der Waals surface area contributed by atoms with Gasteiger partial charge in [0.15, 0.2) is 38.0 Å². The van der Waals surface area contributed by atoms with Gasteiger partial charge in [-0.15, -0.1) is 4.40 Å². The molecule has 0 atom stereocenters. The fourth-order valence-corrected chi connectivity index (χ4v) is 5.11. The maximum atomic E-state index is 14.6. The molecular weight excluding hydrogens is 522 g/mol. The summed E-state index contributed by atoms with van der Waals surface area (Å²) in [7, 11) is -6.55. The number of hydrogen-bond acceptors (Lipinski definition) is 6. The van der Waals surface area contributed by atoms with E-state index in [0.29, 0.717) is 17.0 Å². The summed E-state index contributed by atoms with van der Waals surface area (Å²) in [6, 6.07) is 5.24. The van der Waals surface area contributed by atoms with Crippen LogP contribution in [0, 0.1) is 23.3 Å². The van der Waals surface area contributed by atoms with Gasteiger partial charge in [0.05, 0.1) is 12.9 Å². The molecule has 0 unspecified atom stereocenters. The average Bonchev–Trinajstić information content (AvgIpc) is 2.76. The van der Waals surface area contributed by atoms with E-state index in [2.05, 4.69) is 4.40 Å². The van der Waals surface area contributed by atoms with Gasteiger partial charge in [-0.2, -0.15) is 8.42 Å². The maximum Gasteiger partial charge on any atom is 0.411 e. The predicted octanol–water partition coefficient (Wildman–Crippen LogP) is 2.49. The fourth-order valence-electron chi connectivity index (χ4n) is 2.71. The van der Waals surface area contributed by atoms with Crippen LogP contribution in [0.1, 0.15) is 0 Å². The van der Waals surface area contributed by atoms with E-state index in [4.69, 9.17) is 4.74 Å². The fraction of sp³-hybridized carbons (Fsp3) is 0.263. The molecule has 1 amide bonds. The van der Waals surface area contributed by atoms with Crippen LogP contribution in [-0.4, -0.2) is 72.8 Å². The molecular formula is C19H19F4N3O7S2. The smallest absolute Gasteiger partial charge is 0.411 e. The Morgan fingerprint density at radius 1 is 0.971 bits per heavy atom. The minimum Gasteiger partial charge on any atom is -0.497 e. The number of carboxylic acid groups (broad SMARTS) is 1.